The van der Waals surface area contributed by atoms with Gasteiger partial charge in [-0.1, -0.05) is 22.8 Å². The van der Waals surface area contributed by atoms with E-state index in [1.807, 2.05) is 12.1 Å². The number of pyridine rings is 1. The van der Waals surface area contributed by atoms with E-state index in [1.165, 1.54) is 31.7 Å². The third kappa shape index (κ3) is 3.50. The molecule has 2 fully saturated rings. The average molecular weight is 450 g/mol. The second-order valence-electron chi connectivity index (χ2n) is 8.89. The van der Waals surface area contributed by atoms with E-state index in [1.54, 1.807) is 24.5 Å². The Labute approximate surface area is 189 Å². The van der Waals surface area contributed by atoms with Gasteiger partial charge in [-0.15, -0.1) is 0 Å². The van der Waals surface area contributed by atoms with Crippen LogP contribution in [0.15, 0.2) is 47.2 Å². The van der Waals surface area contributed by atoms with Crippen LogP contribution < -0.4 is 0 Å². The molecule has 0 aliphatic heterocycles. The quantitative estimate of drug-likeness (QED) is 0.389. The Morgan fingerprint density at radius 2 is 1.88 bits per heavy atom. The number of H-pyrrole nitrogens is 1. The molecule has 3 aromatic heterocycles. The molecule has 3 heterocycles. The fraction of sp³-hybridized carbons (Fsp3) is 0.333. The van der Waals surface area contributed by atoms with Gasteiger partial charge in [0.15, 0.2) is 0 Å². The highest BCUT2D eigenvalue weighted by Gasteiger charge is 2.45. The molecule has 0 saturated heterocycles. The van der Waals surface area contributed by atoms with Crippen molar-refractivity contribution < 1.29 is 8.91 Å². The summed E-state index contributed by atoms with van der Waals surface area (Å²) in [5.41, 5.74) is 2.96. The fourth-order valence-electron chi connectivity index (χ4n) is 4.66. The van der Waals surface area contributed by atoms with E-state index in [0.717, 1.165) is 24.3 Å². The van der Waals surface area contributed by atoms with Crippen molar-refractivity contribution in [1.82, 2.24) is 25.1 Å². The fourth-order valence-corrected chi connectivity index (χ4v) is 4.91. The number of aromatic amines is 1. The first-order valence-corrected chi connectivity index (χ1v) is 11.3. The number of benzene rings is 1. The zero-order chi connectivity index (χ0) is 21.7. The maximum absolute atomic E-state index is 14.2. The summed E-state index contributed by atoms with van der Waals surface area (Å²) >= 11 is 6.15. The minimum absolute atomic E-state index is 0.250. The minimum Gasteiger partial charge on any atom is -0.344 e. The van der Waals surface area contributed by atoms with Crippen LogP contribution in [0.25, 0.3) is 34.2 Å². The third-order valence-electron chi connectivity index (χ3n) is 6.86. The van der Waals surface area contributed by atoms with Gasteiger partial charge in [-0.3, -0.25) is 4.98 Å². The second-order valence-corrected chi connectivity index (χ2v) is 9.30. The summed E-state index contributed by atoms with van der Waals surface area (Å²) in [6, 6.07) is 8.28. The van der Waals surface area contributed by atoms with Crippen LogP contribution in [0.4, 0.5) is 4.39 Å². The first-order chi connectivity index (χ1) is 15.6. The molecule has 6 rings (SSSR count). The molecule has 32 heavy (non-hydrogen) atoms. The van der Waals surface area contributed by atoms with Crippen molar-refractivity contribution in [1.29, 1.82) is 0 Å². The predicted molar refractivity (Wildman–Crippen MR) is 118 cm³/mol. The number of nitrogens with zero attached hydrogens (tertiary/aromatic N) is 4. The van der Waals surface area contributed by atoms with Crippen molar-refractivity contribution in [3.05, 3.63) is 59.5 Å². The summed E-state index contributed by atoms with van der Waals surface area (Å²) < 4.78 is 19.8. The number of hydrogen-bond acceptors (Lipinski definition) is 5. The summed E-state index contributed by atoms with van der Waals surface area (Å²) in [6.07, 6.45) is 11.0. The minimum atomic E-state index is -0.426. The standard InChI is InChI=1S/C24H21ClFN5O/c25-16-2-1-3-17(26)20(16)22-28-13-19(29-22)15-4-5-18(27-12-15)21-30-23(32-31-21)14-6-8-24(9-7-14)10-11-24/h1-5,12-14H,6-11H2,(H,28,29). The summed E-state index contributed by atoms with van der Waals surface area (Å²) in [5, 5.41) is 4.46. The molecule has 2 aliphatic carbocycles. The monoisotopic (exact) mass is 449 g/mol. The van der Waals surface area contributed by atoms with Crippen LogP contribution in [0.3, 0.4) is 0 Å². The molecule has 162 valence electrons. The van der Waals surface area contributed by atoms with Gasteiger partial charge in [0.25, 0.3) is 0 Å². The number of nitrogens with one attached hydrogen (secondary N) is 1. The van der Waals surface area contributed by atoms with Crippen LogP contribution in [-0.4, -0.2) is 25.1 Å². The highest BCUT2D eigenvalue weighted by molar-refractivity contribution is 6.33. The molecule has 4 aromatic rings. The third-order valence-corrected chi connectivity index (χ3v) is 7.18. The summed E-state index contributed by atoms with van der Waals surface area (Å²) in [6.45, 7) is 0. The molecule has 8 heteroatoms. The molecule has 1 spiro atoms. The van der Waals surface area contributed by atoms with E-state index in [0.29, 0.717) is 39.4 Å². The first-order valence-electron chi connectivity index (χ1n) is 10.9. The van der Waals surface area contributed by atoms with Gasteiger partial charge in [-0.25, -0.2) is 9.37 Å². The van der Waals surface area contributed by atoms with Crippen molar-refractivity contribution in [2.75, 3.05) is 0 Å². The molecule has 1 N–H and O–H groups in total. The Balaban J connectivity index is 1.20. The molecule has 1 aromatic carbocycles. The highest BCUT2D eigenvalue weighted by atomic mass is 35.5. The molecular weight excluding hydrogens is 429 g/mol. The van der Waals surface area contributed by atoms with Crippen LogP contribution >= 0.6 is 11.6 Å². The molecule has 0 atom stereocenters. The second kappa shape index (κ2) is 7.52. The molecule has 0 amide bonds. The summed E-state index contributed by atoms with van der Waals surface area (Å²) in [4.78, 5) is 16.6. The molecule has 0 unspecified atom stereocenters. The number of halogens is 2. The largest absolute Gasteiger partial charge is 0.344 e. The van der Waals surface area contributed by atoms with Gasteiger partial charge < -0.3 is 9.51 Å². The summed E-state index contributed by atoms with van der Waals surface area (Å²) in [7, 11) is 0. The number of imidazole rings is 1. The molecular formula is C24H21ClFN5O. The van der Waals surface area contributed by atoms with Gasteiger partial charge in [0.05, 0.1) is 16.3 Å². The number of hydrogen-bond donors (Lipinski definition) is 1. The van der Waals surface area contributed by atoms with Crippen molar-refractivity contribution >= 4 is 11.6 Å². The normalized spacial score (nSPS) is 17.7. The zero-order valence-corrected chi connectivity index (χ0v) is 18.1. The summed E-state index contributed by atoms with van der Waals surface area (Å²) in [5.74, 6) is 1.52. The van der Waals surface area contributed by atoms with Gasteiger partial charge in [0.2, 0.25) is 11.7 Å². The maximum atomic E-state index is 14.2. The molecule has 6 nitrogen and oxygen atoms in total. The van der Waals surface area contributed by atoms with Crippen molar-refractivity contribution in [3.63, 3.8) is 0 Å². The van der Waals surface area contributed by atoms with E-state index >= 15 is 0 Å². The van der Waals surface area contributed by atoms with Crippen LogP contribution in [0, 0.1) is 11.2 Å². The Kier molecular flexibility index (Phi) is 4.61. The lowest BCUT2D eigenvalue weighted by Crippen LogP contribution is -2.14. The average Bonchev–Trinajstić information content (AvgIpc) is 3.19. The lowest BCUT2D eigenvalue weighted by atomic mass is 9.80. The Bertz CT molecular complexity index is 1250. The van der Waals surface area contributed by atoms with Crippen LogP contribution in [0.1, 0.15) is 50.3 Å². The highest BCUT2D eigenvalue weighted by Crippen LogP contribution is 2.58. The Morgan fingerprint density at radius 1 is 1.03 bits per heavy atom. The van der Waals surface area contributed by atoms with Gasteiger partial charge in [0, 0.05) is 23.9 Å². The molecule has 0 radical (unpaired) electrons. The van der Waals surface area contributed by atoms with Gasteiger partial charge in [0.1, 0.15) is 17.3 Å². The molecule has 2 aliphatic rings. The molecule has 2 saturated carbocycles. The lowest BCUT2D eigenvalue weighted by Gasteiger charge is -2.25. The van der Waals surface area contributed by atoms with Crippen molar-refractivity contribution in [3.8, 4) is 34.2 Å². The van der Waals surface area contributed by atoms with Gasteiger partial charge in [-0.05, 0) is 68.2 Å². The number of rotatable bonds is 4. The van der Waals surface area contributed by atoms with E-state index in [-0.39, 0.29) is 5.56 Å². The predicted octanol–water partition coefficient (Wildman–Crippen LogP) is 6.42. The smallest absolute Gasteiger partial charge is 0.230 e. The SMILES string of the molecule is Fc1cccc(Cl)c1-c1nc(-c2ccc(-c3noc(C4CCC5(CC4)CC5)n3)nc2)c[nH]1. The Morgan fingerprint density at radius 3 is 2.59 bits per heavy atom. The van der Waals surface area contributed by atoms with Crippen molar-refractivity contribution in [2.24, 2.45) is 5.41 Å². The maximum Gasteiger partial charge on any atom is 0.230 e. The van der Waals surface area contributed by atoms with Gasteiger partial charge in [-0.2, -0.15) is 4.98 Å². The molecule has 0 bridgehead atoms. The van der Waals surface area contributed by atoms with E-state index in [4.69, 9.17) is 16.1 Å². The first kappa shape index (κ1) is 19.6. The zero-order valence-electron chi connectivity index (χ0n) is 17.3. The van der Waals surface area contributed by atoms with Crippen molar-refractivity contribution in [2.45, 2.75) is 44.4 Å². The topological polar surface area (TPSA) is 80.5 Å². The number of aromatic nitrogens is 5. The van der Waals surface area contributed by atoms with Crippen LogP contribution in [-0.2, 0) is 0 Å². The van der Waals surface area contributed by atoms with Crippen LogP contribution in [0.5, 0.6) is 0 Å². The lowest BCUT2D eigenvalue weighted by molar-refractivity contribution is 0.258. The Hall–Kier alpha value is -3.06. The van der Waals surface area contributed by atoms with Gasteiger partial charge >= 0.3 is 0 Å². The van der Waals surface area contributed by atoms with E-state index < -0.39 is 5.82 Å². The van der Waals surface area contributed by atoms with E-state index in [2.05, 4.69) is 25.1 Å². The van der Waals surface area contributed by atoms with Crippen LogP contribution in [0.2, 0.25) is 5.02 Å². The van der Waals surface area contributed by atoms with E-state index in [9.17, 15) is 4.39 Å².